The van der Waals surface area contributed by atoms with E-state index in [4.69, 9.17) is 0 Å². The Kier molecular flexibility index (Phi) is 3.27. The minimum atomic E-state index is -0.140. The third kappa shape index (κ3) is 2.37. The van der Waals surface area contributed by atoms with Crippen molar-refractivity contribution in [2.75, 3.05) is 13.1 Å². The number of nitrogens with zero attached hydrogens (tertiary/aromatic N) is 1. The number of thiophene rings is 1. The topological polar surface area (TPSA) is 23.5 Å². The molecule has 0 saturated carbocycles. The molecular weight excluding hydrogens is 262 g/mol. The first-order chi connectivity index (χ1) is 6.65. The lowest BCUT2D eigenvalue weighted by molar-refractivity contribution is 0.148. The van der Waals surface area contributed by atoms with Crippen LogP contribution in [0.1, 0.15) is 11.8 Å². The van der Waals surface area contributed by atoms with E-state index in [2.05, 4.69) is 39.9 Å². The van der Waals surface area contributed by atoms with Gasteiger partial charge in [-0.05, 0) is 34.0 Å². The van der Waals surface area contributed by atoms with Gasteiger partial charge in [0.05, 0.1) is 9.89 Å². The number of aliphatic hydroxyl groups is 1. The van der Waals surface area contributed by atoms with Gasteiger partial charge in [-0.1, -0.05) is 6.92 Å². The lowest BCUT2D eigenvalue weighted by Crippen LogP contribution is -2.20. The summed E-state index contributed by atoms with van der Waals surface area (Å²) in [6.45, 7) is 4.90. The molecule has 1 aromatic heterocycles. The van der Waals surface area contributed by atoms with Crippen LogP contribution in [0.3, 0.4) is 0 Å². The molecule has 0 amide bonds. The fraction of sp³-hybridized carbons (Fsp3) is 0.600. The highest BCUT2D eigenvalue weighted by atomic mass is 79.9. The molecule has 0 aromatic carbocycles. The summed E-state index contributed by atoms with van der Waals surface area (Å²) in [4.78, 5) is 3.67. The van der Waals surface area contributed by atoms with Gasteiger partial charge in [-0.2, -0.15) is 0 Å². The van der Waals surface area contributed by atoms with Crippen LogP contribution < -0.4 is 0 Å². The Labute approximate surface area is 96.7 Å². The van der Waals surface area contributed by atoms with Gasteiger partial charge < -0.3 is 5.11 Å². The lowest BCUT2D eigenvalue weighted by atomic mass is 10.1. The predicted octanol–water partition coefficient (Wildman–Crippen LogP) is 2.32. The van der Waals surface area contributed by atoms with Gasteiger partial charge in [-0.3, -0.25) is 4.90 Å². The van der Waals surface area contributed by atoms with Gasteiger partial charge in [0.2, 0.25) is 0 Å². The fourth-order valence-electron chi connectivity index (χ4n) is 1.83. The molecule has 1 N–H and O–H groups in total. The van der Waals surface area contributed by atoms with Crippen molar-refractivity contribution < 1.29 is 5.11 Å². The molecule has 0 aliphatic carbocycles. The monoisotopic (exact) mass is 275 g/mol. The SMILES string of the molecule is CC1CN(Cc2ccc(Br)s2)CC1O. The average Bonchev–Trinajstić information content (AvgIpc) is 2.62. The van der Waals surface area contributed by atoms with Crippen molar-refractivity contribution in [1.82, 2.24) is 4.90 Å². The fourth-order valence-corrected chi connectivity index (χ4v) is 3.36. The van der Waals surface area contributed by atoms with E-state index in [0.29, 0.717) is 5.92 Å². The maximum absolute atomic E-state index is 9.60. The van der Waals surface area contributed by atoms with Crippen LogP contribution in [0, 0.1) is 5.92 Å². The molecular formula is C10H14BrNOS. The molecule has 14 heavy (non-hydrogen) atoms. The largest absolute Gasteiger partial charge is 0.391 e. The Hall–Kier alpha value is 0.1000. The van der Waals surface area contributed by atoms with E-state index in [-0.39, 0.29) is 6.10 Å². The first kappa shape index (κ1) is 10.6. The van der Waals surface area contributed by atoms with Gasteiger partial charge in [0.15, 0.2) is 0 Å². The molecule has 1 saturated heterocycles. The van der Waals surface area contributed by atoms with Crippen LogP contribution in [-0.4, -0.2) is 29.2 Å². The summed E-state index contributed by atoms with van der Waals surface area (Å²) in [6, 6.07) is 4.22. The number of β-amino-alcohol motifs (C(OH)–C–C–N with tert-alkyl or cyclic N) is 1. The summed E-state index contributed by atoms with van der Waals surface area (Å²) >= 11 is 5.23. The standard InChI is InChI=1S/C10H14BrNOS/c1-7-4-12(6-9(7)13)5-8-2-3-10(11)14-8/h2-3,7,9,13H,4-6H2,1H3. The van der Waals surface area contributed by atoms with Crippen molar-refractivity contribution in [2.45, 2.75) is 19.6 Å². The maximum atomic E-state index is 9.60. The van der Waals surface area contributed by atoms with Crippen molar-refractivity contribution in [3.8, 4) is 0 Å². The number of hydrogen-bond donors (Lipinski definition) is 1. The first-order valence-electron chi connectivity index (χ1n) is 4.80. The lowest BCUT2D eigenvalue weighted by Gasteiger charge is -2.12. The molecule has 0 spiro atoms. The molecule has 0 radical (unpaired) electrons. The van der Waals surface area contributed by atoms with Gasteiger partial charge in [-0.25, -0.2) is 0 Å². The van der Waals surface area contributed by atoms with Crippen LogP contribution in [-0.2, 0) is 6.54 Å². The van der Waals surface area contributed by atoms with Crippen LogP contribution in [0.25, 0.3) is 0 Å². The molecule has 0 bridgehead atoms. The maximum Gasteiger partial charge on any atom is 0.0704 e. The summed E-state index contributed by atoms with van der Waals surface area (Å²) in [5.41, 5.74) is 0. The van der Waals surface area contributed by atoms with E-state index in [1.807, 2.05) is 0 Å². The molecule has 78 valence electrons. The first-order valence-corrected chi connectivity index (χ1v) is 6.41. The van der Waals surface area contributed by atoms with Gasteiger partial charge in [-0.15, -0.1) is 11.3 Å². The van der Waals surface area contributed by atoms with Crippen LogP contribution in [0.15, 0.2) is 15.9 Å². The molecule has 2 heterocycles. The van der Waals surface area contributed by atoms with Crippen molar-refractivity contribution in [1.29, 1.82) is 0 Å². The molecule has 1 aliphatic heterocycles. The Morgan fingerprint density at radius 1 is 1.57 bits per heavy atom. The van der Waals surface area contributed by atoms with E-state index in [0.717, 1.165) is 19.6 Å². The average molecular weight is 276 g/mol. The summed E-state index contributed by atoms with van der Waals surface area (Å²) in [5.74, 6) is 0.415. The molecule has 1 fully saturated rings. The number of halogens is 1. The number of rotatable bonds is 2. The highest BCUT2D eigenvalue weighted by Gasteiger charge is 2.27. The third-order valence-corrected chi connectivity index (χ3v) is 4.26. The van der Waals surface area contributed by atoms with Gasteiger partial charge in [0.1, 0.15) is 0 Å². The van der Waals surface area contributed by atoms with Crippen LogP contribution >= 0.6 is 27.3 Å². The van der Waals surface area contributed by atoms with E-state index >= 15 is 0 Å². The Bertz CT molecular complexity index is 305. The van der Waals surface area contributed by atoms with Crippen molar-refractivity contribution in [3.63, 3.8) is 0 Å². The van der Waals surface area contributed by atoms with Gasteiger partial charge >= 0.3 is 0 Å². The smallest absolute Gasteiger partial charge is 0.0704 e. The summed E-state index contributed by atoms with van der Waals surface area (Å²) < 4.78 is 1.18. The molecule has 2 unspecified atom stereocenters. The summed E-state index contributed by atoms with van der Waals surface area (Å²) in [5, 5.41) is 9.60. The molecule has 2 rings (SSSR count). The Morgan fingerprint density at radius 3 is 2.86 bits per heavy atom. The van der Waals surface area contributed by atoms with Crippen LogP contribution in [0.2, 0.25) is 0 Å². The van der Waals surface area contributed by atoms with E-state index in [1.165, 1.54) is 8.66 Å². The third-order valence-electron chi connectivity index (χ3n) is 2.66. The van der Waals surface area contributed by atoms with E-state index < -0.39 is 0 Å². The number of likely N-dealkylation sites (tertiary alicyclic amines) is 1. The van der Waals surface area contributed by atoms with E-state index in [1.54, 1.807) is 11.3 Å². The summed E-state index contributed by atoms with van der Waals surface area (Å²) in [7, 11) is 0. The molecule has 2 nitrogen and oxygen atoms in total. The second kappa shape index (κ2) is 4.31. The quantitative estimate of drug-likeness (QED) is 0.896. The van der Waals surface area contributed by atoms with Crippen LogP contribution in [0.4, 0.5) is 0 Å². The zero-order chi connectivity index (χ0) is 10.1. The zero-order valence-corrected chi connectivity index (χ0v) is 10.5. The summed E-state index contributed by atoms with van der Waals surface area (Å²) in [6.07, 6.45) is -0.140. The normalized spacial score (nSPS) is 28.5. The minimum Gasteiger partial charge on any atom is -0.391 e. The van der Waals surface area contributed by atoms with E-state index in [9.17, 15) is 5.11 Å². The Morgan fingerprint density at radius 2 is 2.36 bits per heavy atom. The highest BCUT2D eigenvalue weighted by molar-refractivity contribution is 9.11. The van der Waals surface area contributed by atoms with Crippen molar-refractivity contribution in [3.05, 3.63) is 20.8 Å². The minimum absolute atomic E-state index is 0.140. The molecule has 2 atom stereocenters. The van der Waals surface area contributed by atoms with Crippen molar-refractivity contribution >= 4 is 27.3 Å². The highest BCUT2D eigenvalue weighted by Crippen LogP contribution is 2.25. The number of hydrogen-bond acceptors (Lipinski definition) is 3. The molecule has 1 aliphatic rings. The van der Waals surface area contributed by atoms with Crippen LogP contribution in [0.5, 0.6) is 0 Å². The Balaban J connectivity index is 1.93. The van der Waals surface area contributed by atoms with Gasteiger partial charge in [0, 0.05) is 24.5 Å². The molecule has 4 heteroatoms. The van der Waals surface area contributed by atoms with Gasteiger partial charge in [0.25, 0.3) is 0 Å². The zero-order valence-electron chi connectivity index (χ0n) is 8.11. The number of aliphatic hydroxyl groups excluding tert-OH is 1. The predicted molar refractivity (Wildman–Crippen MR) is 62.5 cm³/mol. The second-order valence-corrected chi connectivity index (χ2v) is 6.49. The van der Waals surface area contributed by atoms with Crippen molar-refractivity contribution in [2.24, 2.45) is 5.92 Å². The molecule has 1 aromatic rings. The second-order valence-electron chi connectivity index (χ2n) is 3.94.